The molecule has 0 radical (unpaired) electrons. The fraction of sp³-hybridized carbons (Fsp3) is 0.143. The lowest BCUT2D eigenvalue weighted by Gasteiger charge is -2.09. The lowest BCUT2D eigenvalue weighted by molar-refractivity contribution is 0.0963. The van der Waals surface area contributed by atoms with E-state index in [0.29, 0.717) is 17.1 Å². The van der Waals surface area contributed by atoms with Gasteiger partial charge in [0.05, 0.1) is 10.6 Å². The summed E-state index contributed by atoms with van der Waals surface area (Å²) in [6, 6.07) is 7.25. The molecular formula is C14H13BrClN3O. The van der Waals surface area contributed by atoms with E-state index in [-0.39, 0.29) is 5.91 Å². The number of benzene rings is 1. The van der Waals surface area contributed by atoms with Gasteiger partial charge in [-0.1, -0.05) is 11.6 Å². The van der Waals surface area contributed by atoms with Crippen LogP contribution in [0.15, 0.2) is 41.1 Å². The quantitative estimate of drug-likeness (QED) is 0.884. The molecule has 1 aromatic carbocycles. The molecule has 1 heterocycles. The average molecular weight is 355 g/mol. The number of anilines is 1. The zero-order valence-corrected chi connectivity index (χ0v) is 13.1. The van der Waals surface area contributed by atoms with E-state index in [1.165, 1.54) is 0 Å². The van der Waals surface area contributed by atoms with Gasteiger partial charge in [-0.3, -0.25) is 9.78 Å². The number of hydrogen-bond acceptors (Lipinski definition) is 3. The van der Waals surface area contributed by atoms with Gasteiger partial charge < -0.3 is 10.6 Å². The molecule has 0 aliphatic rings. The molecule has 0 saturated carbocycles. The van der Waals surface area contributed by atoms with Gasteiger partial charge in [0.1, 0.15) is 0 Å². The van der Waals surface area contributed by atoms with Crippen LogP contribution >= 0.6 is 27.5 Å². The number of carbonyl (C=O) groups excluding carboxylic acids is 1. The van der Waals surface area contributed by atoms with Crippen LogP contribution in [0, 0.1) is 0 Å². The van der Waals surface area contributed by atoms with Gasteiger partial charge in [-0.05, 0) is 45.8 Å². The smallest absolute Gasteiger partial charge is 0.252 e. The van der Waals surface area contributed by atoms with Crippen molar-refractivity contribution in [3.05, 3.63) is 57.3 Å². The monoisotopic (exact) mass is 353 g/mol. The van der Waals surface area contributed by atoms with E-state index < -0.39 is 0 Å². The molecule has 104 valence electrons. The summed E-state index contributed by atoms with van der Waals surface area (Å²) in [5.74, 6) is -0.206. The summed E-state index contributed by atoms with van der Waals surface area (Å²) in [6.45, 7) is 0.612. The van der Waals surface area contributed by atoms with Crippen molar-refractivity contribution in [2.24, 2.45) is 0 Å². The largest absolute Gasteiger partial charge is 0.381 e. The summed E-state index contributed by atoms with van der Waals surface area (Å²) >= 11 is 9.38. The molecule has 0 aliphatic heterocycles. The summed E-state index contributed by atoms with van der Waals surface area (Å²) in [5, 5.41) is 6.23. The molecule has 0 fully saturated rings. The Morgan fingerprint density at radius 3 is 2.85 bits per heavy atom. The van der Waals surface area contributed by atoms with Crippen molar-refractivity contribution in [3.8, 4) is 0 Å². The zero-order valence-electron chi connectivity index (χ0n) is 10.8. The highest BCUT2D eigenvalue weighted by atomic mass is 79.9. The van der Waals surface area contributed by atoms with E-state index in [1.54, 1.807) is 31.6 Å². The van der Waals surface area contributed by atoms with Crippen molar-refractivity contribution >= 4 is 39.1 Å². The minimum Gasteiger partial charge on any atom is -0.381 e. The highest BCUT2D eigenvalue weighted by molar-refractivity contribution is 9.10. The summed E-state index contributed by atoms with van der Waals surface area (Å²) in [6.07, 6.45) is 3.52. The van der Waals surface area contributed by atoms with Gasteiger partial charge in [-0.25, -0.2) is 0 Å². The number of nitrogens with one attached hydrogen (secondary N) is 2. The first-order valence-corrected chi connectivity index (χ1v) is 7.12. The normalized spacial score (nSPS) is 10.2. The summed E-state index contributed by atoms with van der Waals surface area (Å²) in [5.41, 5.74) is 2.32. The number of aromatic nitrogens is 1. The van der Waals surface area contributed by atoms with E-state index in [4.69, 9.17) is 11.6 Å². The molecule has 0 atom stereocenters. The predicted octanol–water partition coefficient (Wildman–Crippen LogP) is 3.47. The maximum Gasteiger partial charge on any atom is 0.252 e. The molecule has 0 saturated heterocycles. The lowest BCUT2D eigenvalue weighted by Crippen LogP contribution is -2.18. The Kier molecular flexibility index (Phi) is 4.98. The van der Waals surface area contributed by atoms with Crippen LogP contribution < -0.4 is 10.6 Å². The number of carbonyl (C=O) groups is 1. The summed E-state index contributed by atoms with van der Waals surface area (Å²) < 4.78 is 0.930. The van der Waals surface area contributed by atoms with Gasteiger partial charge >= 0.3 is 0 Å². The fourth-order valence-electron chi connectivity index (χ4n) is 1.70. The molecular weight excluding hydrogens is 342 g/mol. The van der Waals surface area contributed by atoms with Crippen LogP contribution in [-0.4, -0.2) is 17.9 Å². The lowest BCUT2D eigenvalue weighted by atomic mass is 10.2. The SMILES string of the molecule is CNC(=O)c1cc(NCc2cncc(Br)c2)ccc1Cl. The van der Waals surface area contributed by atoms with Crippen LogP contribution in [0.4, 0.5) is 5.69 Å². The Morgan fingerprint density at radius 2 is 2.15 bits per heavy atom. The van der Waals surface area contributed by atoms with E-state index in [1.807, 2.05) is 12.1 Å². The zero-order chi connectivity index (χ0) is 14.5. The van der Waals surface area contributed by atoms with Gasteiger partial charge in [0.15, 0.2) is 0 Å². The maximum atomic E-state index is 11.7. The van der Waals surface area contributed by atoms with Crippen molar-refractivity contribution in [1.82, 2.24) is 10.3 Å². The fourth-order valence-corrected chi connectivity index (χ4v) is 2.32. The molecule has 0 spiro atoms. The van der Waals surface area contributed by atoms with Crippen LogP contribution in [0.2, 0.25) is 5.02 Å². The molecule has 4 nitrogen and oxygen atoms in total. The van der Waals surface area contributed by atoms with Crippen LogP contribution in [0.1, 0.15) is 15.9 Å². The standard InChI is InChI=1S/C14H13BrClN3O/c1-17-14(20)12-5-11(2-3-13(12)16)19-7-9-4-10(15)8-18-6-9/h2-6,8,19H,7H2,1H3,(H,17,20). The van der Waals surface area contributed by atoms with Gasteiger partial charge in [0.2, 0.25) is 0 Å². The third kappa shape index (κ3) is 3.71. The molecule has 0 bridgehead atoms. The van der Waals surface area contributed by atoms with Gasteiger partial charge in [0, 0.05) is 36.1 Å². The Labute approximate surface area is 130 Å². The highest BCUT2D eigenvalue weighted by Crippen LogP contribution is 2.21. The molecule has 2 N–H and O–H groups in total. The third-order valence-electron chi connectivity index (χ3n) is 2.70. The van der Waals surface area contributed by atoms with Crippen LogP contribution in [0.5, 0.6) is 0 Å². The number of amides is 1. The number of hydrogen-bond donors (Lipinski definition) is 2. The number of pyridine rings is 1. The van der Waals surface area contributed by atoms with E-state index in [0.717, 1.165) is 15.7 Å². The maximum absolute atomic E-state index is 11.7. The summed E-state index contributed by atoms with van der Waals surface area (Å²) in [4.78, 5) is 15.8. The van der Waals surface area contributed by atoms with Gasteiger partial charge in [0.25, 0.3) is 5.91 Å². The predicted molar refractivity (Wildman–Crippen MR) is 84.1 cm³/mol. The Balaban J connectivity index is 2.12. The van der Waals surface area contributed by atoms with Crippen molar-refractivity contribution < 1.29 is 4.79 Å². The van der Waals surface area contributed by atoms with E-state index >= 15 is 0 Å². The summed E-state index contributed by atoms with van der Waals surface area (Å²) in [7, 11) is 1.58. The minimum absolute atomic E-state index is 0.206. The second-order valence-electron chi connectivity index (χ2n) is 4.14. The molecule has 0 aliphatic carbocycles. The first-order chi connectivity index (χ1) is 9.60. The van der Waals surface area contributed by atoms with Gasteiger partial charge in [-0.15, -0.1) is 0 Å². The average Bonchev–Trinajstić information content (AvgIpc) is 2.45. The third-order valence-corrected chi connectivity index (χ3v) is 3.46. The molecule has 2 rings (SSSR count). The molecule has 20 heavy (non-hydrogen) atoms. The number of halogens is 2. The second-order valence-corrected chi connectivity index (χ2v) is 5.46. The van der Waals surface area contributed by atoms with E-state index in [2.05, 4.69) is 31.5 Å². The van der Waals surface area contributed by atoms with Crippen LogP contribution in [0.25, 0.3) is 0 Å². The molecule has 1 amide bonds. The Hall–Kier alpha value is -1.59. The first kappa shape index (κ1) is 14.8. The van der Waals surface area contributed by atoms with Crippen molar-refractivity contribution in [2.45, 2.75) is 6.54 Å². The molecule has 0 unspecified atom stereocenters. The van der Waals surface area contributed by atoms with Gasteiger partial charge in [-0.2, -0.15) is 0 Å². The minimum atomic E-state index is -0.206. The second kappa shape index (κ2) is 6.72. The Bertz CT molecular complexity index is 634. The van der Waals surface area contributed by atoms with Crippen LogP contribution in [0.3, 0.4) is 0 Å². The van der Waals surface area contributed by atoms with Crippen molar-refractivity contribution in [1.29, 1.82) is 0 Å². The molecule has 1 aromatic heterocycles. The van der Waals surface area contributed by atoms with E-state index in [9.17, 15) is 4.79 Å². The number of rotatable bonds is 4. The Morgan fingerprint density at radius 1 is 1.35 bits per heavy atom. The topological polar surface area (TPSA) is 54.0 Å². The molecule has 2 aromatic rings. The van der Waals surface area contributed by atoms with Crippen molar-refractivity contribution in [2.75, 3.05) is 12.4 Å². The highest BCUT2D eigenvalue weighted by Gasteiger charge is 2.09. The van der Waals surface area contributed by atoms with Crippen LogP contribution in [-0.2, 0) is 6.54 Å². The number of nitrogens with zero attached hydrogens (tertiary/aromatic N) is 1. The molecule has 6 heteroatoms. The van der Waals surface area contributed by atoms with Crippen molar-refractivity contribution in [3.63, 3.8) is 0 Å². The first-order valence-electron chi connectivity index (χ1n) is 5.95.